The summed E-state index contributed by atoms with van der Waals surface area (Å²) in [6, 6.07) is 3.61. The lowest BCUT2D eigenvalue weighted by Gasteiger charge is -2.36. The quantitative estimate of drug-likeness (QED) is 0.373. The van der Waals surface area contributed by atoms with Crippen LogP contribution in [0.2, 0.25) is 0 Å². The van der Waals surface area contributed by atoms with Crippen LogP contribution in [-0.2, 0) is 19.1 Å². The third-order valence-electron chi connectivity index (χ3n) is 9.11. The number of methoxy groups -OCH3 is 1. The van der Waals surface area contributed by atoms with Gasteiger partial charge in [-0.2, -0.15) is 0 Å². The Morgan fingerprint density at radius 3 is 2.48 bits per heavy atom. The maximum atomic E-state index is 14.6. The van der Waals surface area contributed by atoms with E-state index in [2.05, 4.69) is 25.2 Å². The minimum absolute atomic E-state index is 0.0924. The van der Waals surface area contributed by atoms with Crippen molar-refractivity contribution in [2.24, 2.45) is 23.2 Å². The predicted molar refractivity (Wildman–Crippen MR) is 182 cm³/mol. The zero-order valence-corrected chi connectivity index (χ0v) is 29.9. The number of carbonyl (C=O) groups excluding carboxylic acids is 3. The first-order valence-electron chi connectivity index (χ1n) is 17.2. The number of nitrogens with one attached hydrogen (secondary N) is 1. The van der Waals surface area contributed by atoms with Crippen molar-refractivity contribution in [2.45, 2.75) is 117 Å². The van der Waals surface area contributed by atoms with Crippen LogP contribution >= 0.6 is 0 Å². The fourth-order valence-electron chi connectivity index (χ4n) is 6.68. The molecular weight excluding hydrogens is 612 g/mol. The van der Waals surface area contributed by atoms with Crippen molar-refractivity contribution in [3.05, 3.63) is 30.0 Å². The zero-order chi connectivity index (χ0) is 35.0. The summed E-state index contributed by atoms with van der Waals surface area (Å²) in [5.74, 6) is 0.0964. The van der Waals surface area contributed by atoms with Crippen LogP contribution in [-0.4, -0.2) is 76.4 Å². The molecule has 0 radical (unpaired) electrons. The van der Waals surface area contributed by atoms with Gasteiger partial charge >= 0.3 is 12.1 Å². The molecule has 262 valence electrons. The molecule has 0 spiro atoms. The van der Waals surface area contributed by atoms with E-state index < -0.39 is 53.1 Å². The van der Waals surface area contributed by atoms with Gasteiger partial charge in [0, 0.05) is 12.0 Å². The van der Waals surface area contributed by atoms with Gasteiger partial charge in [0.25, 0.3) is 0 Å². The highest BCUT2D eigenvalue weighted by atomic mass is 16.6. The largest absolute Gasteiger partial charge is 0.497 e. The van der Waals surface area contributed by atoms with Crippen LogP contribution < -0.4 is 14.8 Å². The van der Waals surface area contributed by atoms with Crippen molar-refractivity contribution < 1.29 is 33.3 Å². The van der Waals surface area contributed by atoms with Crippen molar-refractivity contribution in [2.75, 3.05) is 13.7 Å². The Morgan fingerprint density at radius 2 is 1.81 bits per heavy atom. The maximum Gasteiger partial charge on any atom is 0.408 e. The molecule has 2 fully saturated rings. The van der Waals surface area contributed by atoms with Gasteiger partial charge in [-0.1, -0.05) is 40.7 Å². The van der Waals surface area contributed by atoms with E-state index in [0.717, 1.165) is 25.7 Å². The van der Waals surface area contributed by atoms with E-state index in [1.54, 1.807) is 7.11 Å². The predicted octanol–water partition coefficient (Wildman–Crippen LogP) is 6.33. The number of allylic oxidation sites excluding steroid dienone is 1. The molecular formula is C37H52N4O7. The number of carbonyl (C=O) groups is 3. The highest BCUT2D eigenvalue weighted by Crippen LogP contribution is 2.40. The first kappa shape index (κ1) is 35.4. The number of alkyl carbamates (subject to hydrolysis) is 1. The van der Waals surface area contributed by atoms with Gasteiger partial charge in [-0.25, -0.2) is 19.6 Å². The molecule has 1 N–H and O–H groups in total. The molecule has 2 bridgehead atoms. The molecule has 3 aliphatic rings. The number of rotatable bonds is 4. The van der Waals surface area contributed by atoms with Gasteiger partial charge in [0.15, 0.2) is 0 Å². The summed E-state index contributed by atoms with van der Waals surface area (Å²) in [5, 5.41) is 2.87. The minimum atomic E-state index is -0.962. The van der Waals surface area contributed by atoms with Crippen molar-refractivity contribution in [1.82, 2.24) is 20.2 Å². The van der Waals surface area contributed by atoms with Gasteiger partial charge in [-0.3, -0.25) is 4.79 Å². The van der Waals surface area contributed by atoms with E-state index in [1.807, 2.05) is 65.8 Å². The number of amides is 2. The lowest BCUT2D eigenvalue weighted by Crippen LogP contribution is -2.58. The van der Waals surface area contributed by atoms with E-state index in [-0.39, 0.29) is 24.5 Å². The van der Waals surface area contributed by atoms with Crippen LogP contribution in [0, 0.1) is 23.2 Å². The Hall–Kier alpha value is -3.89. The summed E-state index contributed by atoms with van der Waals surface area (Å²) < 4.78 is 23.9. The lowest BCUT2D eigenvalue weighted by molar-refractivity contribution is -0.165. The monoisotopic (exact) mass is 664 g/mol. The Labute approximate surface area is 284 Å². The highest BCUT2D eigenvalue weighted by Gasteiger charge is 2.53. The topological polar surface area (TPSA) is 129 Å². The molecule has 48 heavy (non-hydrogen) atoms. The molecule has 1 aliphatic carbocycles. The van der Waals surface area contributed by atoms with E-state index in [0.29, 0.717) is 34.8 Å². The molecule has 1 saturated carbocycles. The van der Waals surface area contributed by atoms with E-state index in [1.165, 1.54) is 4.90 Å². The van der Waals surface area contributed by atoms with Crippen LogP contribution in [0.3, 0.4) is 0 Å². The Balaban J connectivity index is 1.62. The molecule has 11 heteroatoms. The molecule has 11 nitrogen and oxygen atoms in total. The van der Waals surface area contributed by atoms with Crippen molar-refractivity contribution in [3.63, 3.8) is 0 Å². The standard InChI is InChI=1S/C37H52N4O7/c1-21(2)17-24-29-20-41(30(24)34(43)48-37(6,7)8)33(42)31(36(3,4)5)40-35(44)47-28-18-22(28)13-11-10-12-14-26-32(46-29)39-27-19-23(45-9)15-16-25(27)38-26/h12,14-16,19,21-22,24,28-31H,10-11,13,17-18,20H2,1-9H3,(H,40,44)/b14-12+/t22?,24-,28-,29+,30+,31-/m1/s1. The van der Waals surface area contributed by atoms with Gasteiger partial charge in [-0.15, -0.1) is 0 Å². The summed E-state index contributed by atoms with van der Waals surface area (Å²) in [5.41, 5.74) is 0.399. The van der Waals surface area contributed by atoms with Crippen molar-refractivity contribution in [3.8, 4) is 11.6 Å². The fraction of sp³-hybridized carbons (Fsp3) is 0.649. The van der Waals surface area contributed by atoms with Crippen LogP contribution in [0.4, 0.5) is 4.79 Å². The van der Waals surface area contributed by atoms with E-state index in [9.17, 15) is 14.4 Å². The van der Waals surface area contributed by atoms with Crippen molar-refractivity contribution in [1.29, 1.82) is 0 Å². The average Bonchev–Trinajstić information content (AvgIpc) is 3.62. The number of benzene rings is 1. The van der Waals surface area contributed by atoms with Crippen LogP contribution in [0.15, 0.2) is 24.3 Å². The lowest BCUT2D eigenvalue weighted by atomic mass is 9.85. The van der Waals surface area contributed by atoms with Gasteiger partial charge in [0.05, 0.1) is 24.7 Å². The SMILES string of the molecule is COc1ccc2nc3c(nc2c1)O[C@H]1CN(C(=O)[C@H](C(C)(C)C)NC(=O)O[C@@H]2CC2CCC/C=C/3)[C@H](C(=O)OC(C)(C)C)[C@@H]1CC(C)C. The number of aromatic nitrogens is 2. The molecule has 6 atom stereocenters. The molecule has 5 rings (SSSR count). The number of hydrogen-bond acceptors (Lipinski definition) is 9. The molecule has 2 aliphatic heterocycles. The molecule has 1 aromatic heterocycles. The fourth-order valence-corrected chi connectivity index (χ4v) is 6.68. The van der Waals surface area contributed by atoms with Crippen LogP contribution in [0.25, 0.3) is 17.1 Å². The molecule has 3 heterocycles. The van der Waals surface area contributed by atoms with Gasteiger partial charge in [0.2, 0.25) is 11.8 Å². The second-order valence-electron chi connectivity index (χ2n) is 15.9. The zero-order valence-electron chi connectivity index (χ0n) is 29.9. The molecule has 2 amide bonds. The maximum absolute atomic E-state index is 14.6. The molecule has 1 saturated heterocycles. The number of esters is 1. The Kier molecular flexibility index (Phi) is 10.3. The van der Waals surface area contributed by atoms with Crippen LogP contribution in [0.5, 0.6) is 11.6 Å². The summed E-state index contributed by atoms with van der Waals surface area (Å²) in [6.45, 7) is 15.3. The Morgan fingerprint density at radius 1 is 1.06 bits per heavy atom. The number of ether oxygens (including phenoxy) is 4. The first-order valence-corrected chi connectivity index (χ1v) is 17.2. The summed E-state index contributed by atoms with van der Waals surface area (Å²) >= 11 is 0. The van der Waals surface area contributed by atoms with Crippen LogP contribution in [0.1, 0.15) is 93.2 Å². The number of hydrogen-bond donors (Lipinski definition) is 1. The highest BCUT2D eigenvalue weighted by molar-refractivity contribution is 5.91. The second-order valence-corrected chi connectivity index (χ2v) is 15.9. The third-order valence-corrected chi connectivity index (χ3v) is 9.11. The van der Waals surface area contributed by atoms with Gasteiger partial charge < -0.3 is 29.2 Å². The first-order chi connectivity index (χ1) is 22.5. The summed E-state index contributed by atoms with van der Waals surface area (Å²) in [7, 11) is 1.60. The summed E-state index contributed by atoms with van der Waals surface area (Å²) in [6.07, 6.45) is 6.62. The van der Waals surface area contributed by atoms with Crippen molar-refractivity contribution >= 4 is 35.1 Å². The average molecular weight is 665 g/mol. The van der Waals surface area contributed by atoms with E-state index in [4.69, 9.17) is 28.9 Å². The third kappa shape index (κ3) is 8.39. The van der Waals surface area contributed by atoms with Gasteiger partial charge in [-0.05, 0) is 88.3 Å². The summed E-state index contributed by atoms with van der Waals surface area (Å²) in [4.78, 5) is 53.2. The second kappa shape index (κ2) is 13.9. The van der Waals surface area contributed by atoms with E-state index >= 15 is 0 Å². The smallest absolute Gasteiger partial charge is 0.408 e. The minimum Gasteiger partial charge on any atom is -0.497 e. The Bertz CT molecular complexity index is 1540. The number of fused-ring (bicyclic) bond motifs is 5. The molecule has 1 aromatic carbocycles. The normalized spacial score (nSPS) is 27.5. The molecule has 1 unspecified atom stereocenters. The number of nitrogens with zero attached hydrogens (tertiary/aromatic N) is 3. The van der Waals surface area contributed by atoms with Gasteiger partial charge in [0.1, 0.15) is 41.3 Å². The molecule has 2 aromatic rings.